The summed E-state index contributed by atoms with van der Waals surface area (Å²) in [5.41, 5.74) is 6.21. The quantitative estimate of drug-likeness (QED) is 0.503. The van der Waals surface area contributed by atoms with Crippen LogP contribution in [0.4, 0.5) is 18.9 Å². The molecule has 100 valence electrons. The molecule has 0 aromatic heterocycles. The van der Waals surface area contributed by atoms with Gasteiger partial charge in [-0.1, -0.05) is 0 Å². The molecule has 0 unspecified atom stereocenters. The van der Waals surface area contributed by atoms with Crippen LogP contribution in [0.1, 0.15) is 30.1 Å². The van der Waals surface area contributed by atoms with Gasteiger partial charge in [0.2, 0.25) is 0 Å². The molecule has 2 N–H and O–H groups in total. The molecule has 0 bridgehead atoms. The molecule has 1 aromatic carbocycles. The SMILES string of the molecule is CC(=O)c1cc(OCCCC(F)(F)F)ccc1N. The minimum absolute atomic E-state index is 0.0548. The number of rotatable bonds is 5. The molecule has 6 heteroatoms. The second-order valence-electron chi connectivity index (χ2n) is 3.87. The average Bonchev–Trinajstić information content (AvgIpc) is 2.24. The van der Waals surface area contributed by atoms with E-state index in [1.807, 2.05) is 0 Å². The normalized spacial score (nSPS) is 11.3. The van der Waals surface area contributed by atoms with Crippen molar-refractivity contribution in [3.8, 4) is 5.75 Å². The van der Waals surface area contributed by atoms with E-state index in [-0.39, 0.29) is 18.8 Å². The van der Waals surface area contributed by atoms with Gasteiger partial charge in [-0.25, -0.2) is 0 Å². The average molecular weight is 261 g/mol. The molecule has 0 aliphatic carbocycles. The Morgan fingerprint density at radius 2 is 2.06 bits per heavy atom. The fourth-order valence-corrected chi connectivity index (χ4v) is 1.39. The molecular weight excluding hydrogens is 247 g/mol. The van der Waals surface area contributed by atoms with E-state index >= 15 is 0 Å². The number of anilines is 1. The van der Waals surface area contributed by atoms with Crippen molar-refractivity contribution in [3.63, 3.8) is 0 Å². The van der Waals surface area contributed by atoms with E-state index in [4.69, 9.17) is 10.5 Å². The zero-order valence-corrected chi connectivity index (χ0v) is 9.88. The molecule has 1 aromatic rings. The minimum Gasteiger partial charge on any atom is -0.494 e. The Balaban J connectivity index is 2.53. The summed E-state index contributed by atoms with van der Waals surface area (Å²) in [4.78, 5) is 11.2. The first kappa shape index (κ1) is 14.3. The van der Waals surface area contributed by atoms with Gasteiger partial charge in [-0.3, -0.25) is 4.79 Å². The summed E-state index contributed by atoms with van der Waals surface area (Å²) < 4.78 is 40.8. The Morgan fingerprint density at radius 1 is 1.39 bits per heavy atom. The standard InChI is InChI=1S/C12H14F3NO2/c1-8(17)10-7-9(3-4-11(10)16)18-6-2-5-12(13,14)15/h3-4,7H,2,5-6,16H2,1H3. The van der Waals surface area contributed by atoms with Crippen LogP contribution in [0.5, 0.6) is 5.75 Å². The van der Waals surface area contributed by atoms with Crippen LogP contribution in [-0.2, 0) is 0 Å². The van der Waals surface area contributed by atoms with Crippen molar-refractivity contribution < 1.29 is 22.7 Å². The van der Waals surface area contributed by atoms with E-state index in [0.717, 1.165) is 0 Å². The zero-order chi connectivity index (χ0) is 13.8. The van der Waals surface area contributed by atoms with E-state index in [1.165, 1.54) is 25.1 Å². The highest BCUT2D eigenvalue weighted by Crippen LogP contribution is 2.23. The van der Waals surface area contributed by atoms with Gasteiger partial charge in [0.25, 0.3) is 0 Å². The molecule has 0 saturated heterocycles. The smallest absolute Gasteiger partial charge is 0.389 e. The highest BCUT2D eigenvalue weighted by molar-refractivity contribution is 5.99. The van der Waals surface area contributed by atoms with Gasteiger partial charge in [-0.05, 0) is 31.5 Å². The summed E-state index contributed by atoms with van der Waals surface area (Å²) >= 11 is 0. The number of hydrogen-bond donors (Lipinski definition) is 1. The van der Waals surface area contributed by atoms with Crippen LogP contribution in [0.25, 0.3) is 0 Å². The number of alkyl halides is 3. The van der Waals surface area contributed by atoms with Gasteiger partial charge < -0.3 is 10.5 Å². The maximum atomic E-state index is 11.9. The largest absolute Gasteiger partial charge is 0.494 e. The third-order valence-corrected chi connectivity index (χ3v) is 2.28. The van der Waals surface area contributed by atoms with Gasteiger partial charge in [-0.2, -0.15) is 13.2 Å². The lowest BCUT2D eigenvalue weighted by molar-refractivity contribution is -0.136. The lowest BCUT2D eigenvalue weighted by Crippen LogP contribution is -2.10. The van der Waals surface area contributed by atoms with E-state index in [0.29, 0.717) is 17.0 Å². The fourth-order valence-electron chi connectivity index (χ4n) is 1.39. The lowest BCUT2D eigenvalue weighted by Gasteiger charge is -2.10. The van der Waals surface area contributed by atoms with Crippen LogP contribution >= 0.6 is 0 Å². The van der Waals surface area contributed by atoms with Crippen LogP contribution < -0.4 is 10.5 Å². The molecule has 0 saturated carbocycles. The zero-order valence-electron chi connectivity index (χ0n) is 9.88. The number of carbonyl (C=O) groups is 1. The predicted molar refractivity (Wildman–Crippen MR) is 61.6 cm³/mol. The number of carbonyl (C=O) groups excluding carboxylic acids is 1. The molecule has 0 aliphatic heterocycles. The molecule has 0 amide bonds. The topological polar surface area (TPSA) is 52.3 Å². The summed E-state index contributed by atoms with van der Waals surface area (Å²) in [6.45, 7) is 1.31. The maximum absolute atomic E-state index is 11.9. The van der Waals surface area contributed by atoms with E-state index < -0.39 is 12.6 Å². The Bertz CT molecular complexity index is 430. The number of ether oxygens (including phenoxy) is 1. The third-order valence-electron chi connectivity index (χ3n) is 2.28. The molecule has 0 aliphatic rings. The fraction of sp³-hybridized carbons (Fsp3) is 0.417. The second-order valence-corrected chi connectivity index (χ2v) is 3.87. The number of halogens is 3. The van der Waals surface area contributed by atoms with Crippen molar-refractivity contribution in [1.29, 1.82) is 0 Å². The molecule has 0 fully saturated rings. The molecule has 0 atom stereocenters. The van der Waals surface area contributed by atoms with Crippen molar-refractivity contribution in [2.24, 2.45) is 0 Å². The molecule has 18 heavy (non-hydrogen) atoms. The minimum atomic E-state index is -4.17. The first-order chi connectivity index (χ1) is 8.29. The summed E-state index contributed by atoms with van der Waals surface area (Å²) in [6, 6.07) is 4.45. The van der Waals surface area contributed by atoms with Crippen LogP contribution in [-0.4, -0.2) is 18.6 Å². The monoisotopic (exact) mass is 261 g/mol. The van der Waals surface area contributed by atoms with Crippen LogP contribution in [0.2, 0.25) is 0 Å². The molecule has 0 radical (unpaired) electrons. The summed E-state index contributed by atoms with van der Waals surface area (Å²) in [7, 11) is 0. The predicted octanol–water partition coefficient (Wildman–Crippen LogP) is 3.19. The van der Waals surface area contributed by atoms with Gasteiger partial charge in [0.15, 0.2) is 5.78 Å². The molecular formula is C12H14F3NO2. The molecule has 0 heterocycles. The van der Waals surface area contributed by atoms with Gasteiger partial charge in [0.05, 0.1) is 6.61 Å². The van der Waals surface area contributed by atoms with Crippen molar-refractivity contribution in [2.75, 3.05) is 12.3 Å². The molecule has 0 spiro atoms. The first-order valence-electron chi connectivity index (χ1n) is 5.39. The number of nitrogens with two attached hydrogens (primary N) is 1. The Labute approximate surface area is 103 Å². The summed E-state index contributed by atoms with van der Waals surface area (Å²) in [5.74, 6) is 0.129. The molecule has 1 rings (SSSR count). The highest BCUT2D eigenvalue weighted by atomic mass is 19.4. The first-order valence-corrected chi connectivity index (χ1v) is 5.39. The van der Waals surface area contributed by atoms with Crippen molar-refractivity contribution in [1.82, 2.24) is 0 Å². The van der Waals surface area contributed by atoms with Crippen LogP contribution in [0, 0.1) is 0 Å². The van der Waals surface area contributed by atoms with Crippen molar-refractivity contribution in [2.45, 2.75) is 25.9 Å². The van der Waals surface area contributed by atoms with E-state index in [9.17, 15) is 18.0 Å². The summed E-state index contributed by atoms with van der Waals surface area (Å²) in [6.07, 6.45) is -5.18. The number of hydrogen-bond acceptors (Lipinski definition) is 3. The van der Waals surface area contributed by atoms with Crippen molar-refractivity contribution >= 4 is 11.5 Å². The highest BCUT2D eigenvalue weighted by Gasteiger charge is 2.26. The number of benzene rings is 1. The lowest BCUT2D eigenvalue weighted by atomic mass is 10.1. The van der Waals surface area contributed by atoms with Gasteiger partial charge in [0.1, 0.15) is 5.75 Å². The van der Waals surface area contributed by atoms with Crippen LogP contribution in [0.3, 0.4) is 0 Å². The Kier molecular flexibility index (Phi) is 4.58. The van der Waals surface area contributed by atoms with Gasteiger partial charge in [-0.15, -0.1) is 0 Å². The Hall–Kier alpha value is -1.72. The molecule has 3 nitrogen and oxygen atoms in total. The second kappa shape index (κ2) is 5.75. The van der Waals surface area contributed by atoms with Gasteiger partial charge in [0, 0.05) is 17.7 Å². The number of nitrogen functional groups attached to an aromatic ring is 1. The van der Waals surface area contributed by atoms with E-state index in [2.05, 4.69) is 0 Å². The third kappa shape index (κ3) is 4.65. The summed E-state index contributed by atoms with van der Waals surface area (Å²) in [5, 5.41) is 0. The number of ketones is 1. The Morgan fingerprint density at radius 3 is 2.61 bits per heavy atom. The van der Waals surface area contributed by atoms with Crippen LogP contribution in [0.15, 0.2) is 18.2 Å². The van der Waals surface area contributed by atoms with Crippen molar-refractivity contribution in [3.05, 3.63) is 23.8 Å². The van der Waals surface area contributed by atoms with E-state index in [1.54, 1.807) is 0 Å². The maximum Gasteiger partial charge on any atom is 0.389 e. The van der Waals surface area contributed by atoms with Gasteiger partial charge >= 0.3 is 6.18 Å². The number of Topliss-reactive ketones (excluding diaryl/α,β-unsaturated/α-hetero) is 1.